The lowest BCUT2D eigenvalue weighted by Gasteiger charge is -2.44. The molecule has 0 aromatic carbocycles. The number of β-lactam (4-membered cyclic amide) rings is 1. The molecule has 1 unspecified atom stereocenters. The molecule has 19 heavy (non-hydrogen) atoms. The lowest BCUT2D eigenvalue weighted by molar-refractivity contribution is -0.893. The average Bonchev–Trinajstić information content (AvgIpc) is 2.75. The van der Waals surface area contributed by atoms with Gasteiger partial charge in [-0.05, 0) is 0 Å². The zero-order valence-electron chi connectivity index (χ0n) is 11.1. The number of fused-ring (bicyclic) bond motifs is 1. The summed E-state index contributed by atoms with van der Waals surface area (Å²) in [6, 6.07) is 0. The van der Waals surface area contributed by atoms with E-state index in [2.05, 4.69) is 7.05 Å². The van der Waals surface area contributed by atoms with Crippen LogP contribution in [0, 0.1) is 0 Å². The van der Waals surface area contributed by atoms with Gasteiger partial charge in [0.25, 0.3) is 0 Å². The number of carboxylic acid groups (broad SMARTS) is 1. The van der Waals surface area contributed by atoms with Gasteiger partial charge in [-0.15, -0.1) is 11.8 Å². The number of hydrogen-bond donors (Lipinski definition) is 1. The Morgan fingerprint density at radius 3 is 2.74 bits per heavy atom. The van der Waals surface area contributed by atoms with Crippen LogP contribution in [0.15, 0.2) is 11.3 Å². The number of thioether (sulfide) groups is 1. The molecule has 1 amide bonds. The fraction of sp³-hybridized carbons (Fsp3) is 0.692. The highest BCUT2D eigenvalue weighted by molar-refractivity contribution is 8.00. The topological polar surface area (TPSA) is 57.6 Å². The van der Waals surface area contributed by atoms with E-state index >= 15 is 0 Å². The van der Waals surface area contributed by atoms with Crippen molar-refractivity contribution in [1.82, 2.24) is 4.90 Å². The van der Waals surface area contributed by atoms with E-state index < -0.39 is 5.97 Å². The number of quaternary nitrogens is 1. The van der Waals surface area contributed by atoms with E-state index in [0.717, 1.165) is 35.4 Å². The number of carbonyl (C=O) groups excluding carboxylic acids is 1. The van der Waals surface area contributed by atoms with Gasteiger partial charge in [-0.25, -0.2) is 4.79 Å². The fourth-order valence-corrected chi connectivity index (χ4v) is 4.57. The first-order chi connectivity index (χ1) is 9.00. The van der Waals surface area contributed by atoms with Gasteiger partial charge in [0.05, 0.1) is 31.9 Å². The van der Waals surface area contributed by atoms with Gasteiger partial charge in [-0.3, -0.25) is 9.69 Å². The van der Waals surface area contributed by atoms with Crippen LogP contribution < -0.4 is 0 Å². The Bertz CT molecular complexity index is 469. The maximum atomic E-state index is 11.7. The molecule has 0 radical (unpaired) electrons. The summed E-state index contributed by atoms with van der Waals surface area (Å²) >= 11 is 1.70. The number of nitrogens with zero attached hydrogens (tertiary/aromatic N) is 2. The molecule has 0 bridgehead atoms. The molecule has 104 valence electrons. The van der Waals surface area contributed by atoms with E-state index in [-0.39, 0.29) is 17.0 Å². The van der Waals surface area contributed by atoms with E-state index in [1.54, 1.807) is 11.8 Å². The van der Waals surface area contributed by atoms with Crippen molar-refractivity contribution in [1.29, 1.82) is 0 Å². The standard InChI is InChI=1S/C13H18N2O3S/c1-15(4-2-3-5-15)7-9-8-19-11-6-10(16)14(11)12(9)13(17)18/h11H,2-8H2,1H3/p+1. The molecular formula is C13H19N2O3S+. The zero-order valence-corrected chi connectivity index (χ0v) is 11.9. The van der Waals surface area contributed by atoms with Gasteiger partial charge >= 0.3 is 5.97 Å². The Morgan fingerprint density at radius 2 is 2.16 bits per heavy atom. The second-order valence-electron chi connectivity index (χ2n) is 5.92. The first-order valence-corrected chi connectivity index (χ1v) is 7.78. The molecule has 3 aliphatic rings. The van der Waals surface area contributed by atoms with Gasteiger partial charge in [0.1, 0.15) is 12.2 Å². The van der Waals surface area contributed by atoms with Crippen LogP contribution in [0.3, 0.4) is 0 Å². The van der Waals surface area contributed by atoms with Crippen molar-refractivity contribution < 1.29 is 19.2 Å². The Hall–Kier alpha value is -1.01. The molecule has 0 aliphatic carbocycles. The second kappa shape index (κ2) is 4.52. The quantitative estimate of drug-likeness (QED) is 0.617. The third-order valence-corrected chi connectivity index (χ3v) is 5.63. The molecule has 1 atom stereocenters. The van der Waals surface area contributed by atoms with E-state index in [1.807, 2.05) is 0 Å². The SMILES string of the molecule is C[N+]1(CC2=C(C(=O)O)N3C(=O)CC3SC2)CCCC1. The minimum absolute atomic E-state index is 0.0452. The number of amides is 1. The Morgan fingerprint density at radius 1 is 1.47 bits per heavy atom. The molecule has 0 spiro atoms. The van der Waals surface area contributed by atoms with Crippen molar-refractivity contribution >= 4 is 23.6 Å². The average molecular weight is 283 g/mol. The van der Waals surface area contributed by atoms with Crippen molar-refractivity contribution in [3.8, 4) is 0 Å². The Labute approximate surface area is 116 Å². The van der Waals surface area contributed by atoms with Gasteiger partial charge in [-0.2, -0.15) is 0 Å². The summed E-state index contributed by atoms with van der Waals surface area (Å²) in [5, 5.41) is 9.50. The normalized spacial score (nSPS) is 29.2. The maximum Gasteiger partial charge on any atom is 0.352 e. The molecule has 3 aliphatic heterocycles. The molecular weight excluding hydrogens is 264 g/mol. The van der Waals surface area contributed by atoms with Crippen LogP contribution in [0.5, 0.6) is 0 Å². The van der Waals surface area contributed by atoms with E-state index in [9.17, 15) is 14.7 Å². The number of rotatable bonds is 3. The molecule has 2 fully saturated rings. The maximum absolute atomic E-state index is 11.7. The van der Waals surface area contributed by atoms with Crippen molar-refractivity contribution in [2.45, 2.75) is 24.6 Å². The molecule has 1 N–H and O–H groups in total. The summed E-state index contributed by atoms with van der Waals surface area (Å²) in [6.45, 7) is 2.99. The zero-order chi connectivity index (χ0) is 13.6. The molecule has 3 rings (SSSR count). The van der Waals surface area contributed by atoms with Gasteiger partial charge < -0.3 is 9.59 Å². The van der Waals surface area contributed by atoms with Crippen molar-refractivity contribution in [3.63, 3.8) is 0 Å². The fourth-order valence-electron chi connectivity index (χ4n) is 3.32. The first-order valence-electron chi connectivity index (χ1n) is 6.73. The molecule has 5 nitrogen and oxygen atoms in total. The van der Waals surface area contributed by atoms with Crippen LogP contribution in [0.25, 0.3) is 0 Å². The molecule has 0 aromatic rings. The van der Waals surface area contributed by atoms with Crippen LogP contribution in [0.4, 0.5) is 0 Å². The highest BCUT2D eigenvalue weighted by Crippen LogP contribution is 2.40. The molecule has 6 heteroatoms. The second-order valence-corrected chi connectivity index (χ2v) is 7.09. The van der Waals surface area contributed by atoms with E-state index in [4.69, 9.17) is 0 Å². The van der Waals surface area contributed by atoms with Gasteiger partial charge in [0.2, 0.25) is 5.91 Å². The van der Waals surface area contributed by atoms with Crippen molar-refractivity contribution in [2.24, 2.45) is 0 Å². The highest BCUT2D eigenvalue weighted by atomic mass is 32.2. The summed E-state index contributed by atoms with van der Waals surface area (Å²) in [4.78, 5) is 24.7. The number of aliphatic carboxylic acids is 1. The van der Waals surface area contributed by atoms with Crippen LogP contribution in [0.1, 0.15) is 19.3 Å². The van der Waals surface area contributed by atoms with Crippen molar-refractivity contribution in [3.05, 3.63) is 11.3 Å². The number of likely N-dealkylation sites (tertiary alicyclic amines) is 1. The third kappa shape index (κ3) is 2.17. The number of carboxylic acids is 1. The monoisotopic (exact) mass is 283 g/mol. The predicted molar refractivity (Wildman–Crippen MR) is 72.4 cm³/mol. The number of carbonyl (C=O) groups is 2. The van der Waals surface area contributed by atoms with Crippen LogP contribution in [-0.2, 0) is 9.59 Å². The third-order valence-electron chi connectivity index (χ3n) is 4.35. The summed E-state index contributed by atoms with van der Waals surface area (Å²) < 4.78 is 0.916. The minimum atomic E-state index is -0.945. The van der Waals surface area contributed by atoms with E-state index in [1.165, 1.54) is 17.7 Å². The van der Waals surface area contributed by atoms with Gasteiger partial charge in [0, 0.05) is 24.2 Å². The summed E-state index contributed by atoms with van der Waals surface area (Å²) in [5.41, 5.74) is 1.21. The highest BCUT2D eigenvalue weighted by Gasteiger charge is 2.46. The van der Waals surface area contributed by atoms with Gasteiger partial charge in [-0.1, -0.05) is 0 Å². The molecule has 0 saturated carbocycles. The van der Waals surface area contributed by atoms with Crippen molar-refractivity contribution in [2.75, 3.05) is 32.4 Å². The van der Waals surface area contributed by atoms with Crippen LogP contribution >= 0.6 is 11.8 Å². The Kier molecular flexibility index (Phi) is 3.09. The smallest absolute Gasteiger partial charge is 0.352 e. The lowest BCUT2D eigenvalue weighted by Crippen LogP contribution is -2.55. The molecule has 0 aromatic heterocycles. The first kappa shape index (κ1) is 13.0. The van der Waals surface area contributed by atoms with Gasteiger partial charge in [0.15, 0.2) is 0 Å². The largest absolute Gasteiger partial charge is 0.477 e. The molecule has 2 saturated heterocycles. The molecule has 3 heterocycles. The summed E-state index contributed by atoms with van der Waals surface area (Å²) in [7, 11) is 2.19. The number of likely N-dealkylation sites (N-methyl/N-ethyl adjacent to an activating group) is 1. The summed E-state index contributed by atoms with van der Waals surface area (Å²) in [5.74, 6) is -0.237. The lowest BCUT2D eigenvalue weighted by atomic mass is 10.1. The van der Waals surface area contributed by atoms with Crippen LogP contribution in [0.2, 0.25) is 0 Å². The number of hydrogen-bond acceptors (Lipinski definition) is 3. The Balaban J connectivity index is 1.89. The van der Waals surface area contributed by atoms with Crippen LogP contribution in [-0.4, -0.2) is 64.2 Å². The predicted octanol–water partition coefficient (Wildman–Crippen LogP) is 0.871. The summed E-state index contributed by atoms with van der Waals surface area (Å²) in [6.07, 6.45) is 2.91. The minimum Gasteiger partial charge on any atom is -0.477 e. The van der Waals surface area contributed by atoms with E-state index in [0.29, 0.717) is 6.42 Å².